The molecular weight excluding hydrogens is 332 g/mol. The van der Waals surface area contributed by atoms with E-state index in [-0.39, 0.29) is 18.4 Å². The second kappa shape index (κ2) is 6.48. The third kappa shape index (κ3) is 3.00. The van der Waals surface area contributed by atoms with E-state index in [0.717, 1.165) is 24.2 Å². The van der Waals surface area contributed by atoms with Gasteiger partial charge in [0.25, 0.3) is 0 Å². The molecule has 0 N–H and O–H groups in total. The molecule has 1 aromatic carbocycles. The van der Waals surface area contributed by atoms with Crippen molar-refractivity contribution in [3.8, 4) is 11.5 Å². The first-order valence-corrected chi connectivity index (χ1v) is 9.39. The monoisotopic (exact) mass is 352 g/mol. The van der Waals surface area contributed by atoms with Crippen LogP contribution in [0.3, 0.4) is 0 Å². The Bertz CT molecular complexity index is 898. The summed E-state index contributed by atoms with van der Waals surface area (Å²) in [7, 11) is 0. The Morgan fingerprint density at radius 3 is 2.92 bits per heavy atom. The molecule has 0 fully saturated rings. The van der Waals surface area contributed by atoms with Crippen molar-refractivity contribution in [1.82, 2.24) is 9.88 Å². The first-order chi connectivity index (χ1) is 12.1. The van der Waals surface area contributed by atoms with Crippen LogP contribution < -0.4 is 0 Å². The van der Waals surface area contributed by atoms with Gasteiger partial charge in [0, 0.05) is 17.0 Å². The van der Waals surface area contributed by atoms with Crippen LogP contribution in [0.15, 0.2) is 46.2 Å². The van der Waals surface area contributed by atoms with E-state index < -0.39 is 0 Å². The number of hydrogen-bond donors (Lipinski definition) is 0. The summed E-state index contributed by atoms with van der Waals surface area (Å²) in [5.74, 6) is 1.40. The summed E-state index contributed by atoms with van der Waals surface area (Å²) in [6.07, 6.45) is 1.22. The molecule has 5 heteroatoms. The van der Waals surface area contributed by atoms with Crippen LogP contribution in [-0.4, -0.2) is 22.3 Å². The van der Waals surface area contributed by atoms with Gasteiger partial charge in [-0.25, -0.2) is 4.98 Å². The first-order valence-electron chi connectivity index (χ1n) is 8.51. The van der Waals surface area contributed by atoms with Crippen LogP contribution >= 0.6 is 11.3 Å². The molecule has 1 aliphatic rings. The highest BCUT2D eigenvalue weighted by atomic mass is 32.1. The van der Waals surface area contributed by atoms with Crippen molar-refractivity contribution < 1.29 is 9.21 Å². The summed E-state index contributed by atoms with van der Waals surface area (Å²) in [6.45, 7) is 4.75. The van der Waals surface area contributed by atoms with Crippen LogP contribution in [0.4, 0.5) is 0 Å². The molecule has 0 unspecified atom stereocenters. The summed E-state index contributed by atoms with van der Waals surface area (Å²) in [5.41, 5.74) is 2.94. The van der Waals surface area contributed by atoms with Crippen LogP contribution in [0, 0.1) is 6.92 Å². The zero-order chi connectivity index (χ0) is 17.4. The molecule has 4 rings (SSSR count). The van der Waals surface area contributed by atoms with E-state index in [1.54, 1.807) is 11.3 Å². The van der Waals surface area contributed by atoms with E-state index in [2.05, 4.69) is 23.4 Å². The molecular formula is C20H20N2O2S. The summed E-state index contributed by atoms with van der Waals surface area (Å²) < 4.78 is 5.78. The molecule has 1 amide bonds. The minimum absolute atomic E-state index is 0.111. The standard InChI is InChI=1S/C20H20N2O2S/c1-13-16-9-11-25-18(16)8-10-22(13)19(23)12-17-14(2)24-20(21-17)15-6-4-3-5-7-15/h3-7,9,11,13H,8,10,12H2,1-2H3/t13-/m1/s1. The Kier molecular flexibility index (Phi) is 4.17. The number of oxazole rings is 1. The van der Waals surface area contributed by atoms with Crippen LogP contribution in [-0.2, 0) is 17.6 Å². The zero-order valence-corrected chi connectivity index (χ0v) is 15.2. The van der Waals surface area contributed by atoms with E-state index >= 15 is 0 Å². The SMILES string of the molecule is Cc1oc(-c2ccccc2)nc1CC(=O)N1CCc2sccc2[C@H]1C. The van der Waals surface area contributed by atoms with Gasteiger partial charge >= 0.3 is 0 Å². The Balaban J connectivity index is 1.53. The Morgan fingerprint density at radius 2 is 2.12 bits per heavy atom. The van der Waals surface area contributed by atoms with Gasteiger partial charge in [-0.05, 0) is 49.4 Å². The number of fused-ring (bicyclic) bond motifs is 1. The normalized spacial score (nSPS) is 16.7. The van der Waals surface area contributed by atoms with Crippen molar-refractivity contribution in [3.63, 3.8) is 0 Å². The van der Waals surface area contributed by atoms with Gasteiger partial charge < -0.3 is 9.32 Å². The van der Waals surface area contributed by atoms with Gasteiger partial charge in [-0.2, -0.15) is 0 Å². The maximum Gasteiger partial charge on any atom is 0.229 e. The molecule has 0 saturated heterocycles. The lowest BCUT2D eigenvalue weighted by atomic mass is 10.0. The molecule has 0 bridgehead atoms. The minimum atomic E-state index is 0.111. The molecule has 3 heterocycles. The fourth-order valence-electron chi connectivity index (χ4n) is 3.39. The largest absolute Gasteiger partial charge is 0.441 e. The van der Waals surface area contributed by atoms with Crippen molar-refractivity contribution >= 4 is 17.2 Å². The van der Waals surface area contributed by atoms with Crippen molar-refractivity contribution in [3.05, 3.63) is 63.7 Å². The summed E-state index contributed by atoms with van der Waals surface area (Å²) in [4.78, 5) is 20.8. The van der Waals surface area contributed by atoms with Crippen molar-refractivity contribution in [2.24, 2.45) is 0 Å². The number of rotatable bonds is 3. The lowest BCUT2D eigenvalue weighted by Gasteiger charge is -2.33. The highest BCUT2D eigenvalue weighted by Crippen LogP contribution is 2.33. The molecule has 0 spiro atoms. The molecule has 1 atom stereocenters. The van der Waals surface area contributed by atoms with Crippen LogP contribution in [0.2, 0.25) is 0 Å². The Labute approximate surface area is 151 Å². The predicted octanol–water partition coefficient (Wildman–Crippen LogP) is 4.40. The van der Waals surface area contributed by atoms with Gasteiger partial charge in [-0.15, -0.1) is 11.3 Å². The van der Waals surface area contributed by atoms with Gasteiger partial charge in [0.1, 0.15) is 5.76 Å². The maximum atomic E-state index is 12.9. The van der Waals surface area contributed by atoms with E-state index in [4.69, 9.17) is 4.42 Å². The number of aromatic nitrogens is 1. The van der Waals surface area contributed by atoms with Crippen molar-refractivity contribution in [2.75, 3.05) is 6.54 Å². The smallest absolute Gasteiger partial charge is 0.229 e. The number of hydrogen-bond acceptors (Lipinski definition) is 4. The summed E-state index contributed by atoms with van der Waals surface area (Å²) in [6, 6.07) is 12.0. The number of carbonyl (C=O) groups excluding carboxylic acids is 1. The molecule has 128 valence electrons. The second-order valence-electron chi connectivity index (χ2n) is 6.38. The van der Waals surface area contributed by atoms with E-state index in [0.29, 0.717) is 11.7 Å². The van der Waals surface area contributed by atoms with Gasteiger partial charge in [0.05, 0.1) is 18.2 Å². The second-order valence-corrected chi connectivity index (χ2v) is 7.38. The number of carbonyl (C=O) groups is 1. The molecule has 4 nitrogen and oxygen atoms in total. The number of thiophene rings is 1. The number of benzene rings is 1. The molecule has 3 aromatic rings. The third-order valence-electron chi connectivity index (χ3n) is 4.83. The van der Waals surface area contributed by atoms with Gasteiger partial charge in [-0.3, -0.25) is 4.79 Å². The molecule has 25 heavy (non-hydrogen) atoms. The highest BCUT2D eigenvalue weighted by Gasteiger charge is 2.29. The molecule has 0 aliphatic carbocycles. The molecule has 2 aromatic heterocycles. The van der Waals surface area contributed by atoms with Gasteiger partial charge in [0.15, 0.2) is 0 Å². The zero-order valence-electron chi connectivity index (χ0n) is 14.4. The van der Waals surface area contributed by atoms with Gasteiger partial charge in [-0.1, -0.05) is 18.2 Å². The Morgan fingerprint density at radius 1 is 1.32 bits per heavy atom. The average Bonchev–Trinajstić information content (AvgIpc) is 3.24. The average molecular weight is 352 g/mol. The van der Waals surface area contributed by atoms with Crippen LogP contribution in [0.1, 0.15) is 34.9 Å². The quantitative estimate of drug-likeness (QED) is 0.702. The maximum absolute atomic E-state index is 12.9. The summed E-state index contributed by atoms with van der Waals surface area (Å²) in [5, 5.41) is 2.11. The molecule has 1 aliphatic heterocycles. The topological polar surface area (TPSA) is 46.3 Å². The summed E-state index contributed by atoms with van der Waals surface area (Å²) >= 11 is 1.78. The fraction of sp³-hybridized carbons (Fsp3) is 0.300. The lowest BCUT2D eigenvalue weighted by Crippen LogP contribution is -2.39. The van der Waals surface area contributed by atoms with Crippen molar-refractivity contribution in [2.45, 2.75) is 32.7 Å². The van der Waals surface area contributed by atoms with Crippen molar-refractivity contribution in [1.29, 1.82) is 0 Å². The lowest BCUT2D eigenvalue weighted by molar-refractivity contribution is -0.133. The van der Waals surface area contributed by atoms with Crippen LogP contribution in [0.5, 0.6) is 0 Å². The molecule has 0 saturated carbocycles. The first kappa shape index (κ1) is 16.1. The Hall–Kier alpha value is -2.40. The highest BCUT2D eigenvalue weighted by molar-refractivity contribution is 7.10. The number of nitrogens with zero attached hydrogens (tertiary/aromatic N) is 2. The molecule has 0 radical (unpaired) electrons. The number of amides is 1. The third-order valence-corrected chi connectivity index (χ3v) is 5.83. The predicted molar refractivity (Wildman–Crippen MR) is 98.5 cm³/mol. The minimum Gasteiger partial charge on any atom is -0.441 e. The fourth-order valence-corrected chi connectivity index (χ4v) is 4.35. The van der Waals surface area contributed by atoms with Gasteiger partial charge in [0.2, 0.25) is 11.8 Å². The van der Waals surface area contributed by atoms with E-state index in [1.807, 2.05) is 42.2 Å². The van der Waals surface area contributed by atoms with Crippen LogP contribution in [0.25, 0.3) is 11.5 Å². The van der Waals surface area contributed by atoms with E-state index in [9.17, 15) is 4.79 Å². The number of aryl methyl sites for hydroxylation is 1. The van der Waals surface area contributed by atoms with E-state index in [1.165, 1.54) is 10.4 Å².